The number of nitrogens with one attached hydrogen (secondary N) is 1. The van der Waals surface area contributed by atoms with E-state index in [9.17, 15) is 9.18 Å². The molecule has 1 heterocycles. The molecule has 0 saturated carbocycles. The predicted octanol–water partition coefficient (Wildman–Crippen LogP) is 3.26. The molecule has 1 aromatic carbocycles. The lowest BCUT2D eigenvalue weighted by molar-refractivity contribution is 0.0696. The first-order chi connectivity index (χ1) is 9.02. The number of carboxylic acids is 1. The van der Waals surface area contributed by atoms with Gasteiger partial charge < -0.3 is 14.8 Å². The Balaban J connectivity index is 2.48. The van der Waals surface area contributed by atoms with Gasteiger partial charge in [0.25, 0.3) is 0 Å². The van der Waals surface area contributed by atoms with Gasteiger partial charge in [-0.15, -0.1) is 0 Å². The largest absolute Gasteiger partial charge is 0.494 e. The molecule has 0 fully saturated rings. The maximum absolute atomic E-state index is 13.6. The zero-order chi connectivity index (χ0) is 14.0. The lowest BCUT2D eigenvalue weighted by Crippen LogP contribution is -1.99. The van der Waals surface area contributed by atoms with Crippen LogP contribution in [0.5, 0.6) is 5.75 Å². The molecular weight excluding hydrogens is 269 g/mol. The Labute approximate surface area is 113 Å². The predicted molar refractivity (Wildman–Crippen MR) is 70.5 cm³/mol. The van der Waals surface area contributed by atoms with Crippen molar-refractivity contribution in [1.82, 2.24) is 4.98 Å². The summed E-state index contributed by atoms with van der Waals surface area (Å²) >= 11 is 4.94. The maximum atomic E-state index is 13.6. The first-order valence-electron chi connectivity index (χ1n) is 5.33. The highest BCUT2D eigenvalue weighted by atomic mass is 32.1. The standard InChI is InChI=1S/C13H10FNO3S/c1-18-11-5-2-7(6-9(11)14)10-4-3-8(13(16)17)12(19)15-10/h2-6H,1H3,(H,15,19)(H,16,17). The van der Waals surface area contributed by atoms with E-state index in [4.69, 9.17) is 22.1 Å². The Kier molecular flexibility index (Phi) is 3.62. The molecule has 0 unspecified atom stereocenters. The van der Waals surface area contributed by atoms with Crippen LogP contribution in [0.25, 0.3) is 11.3 Å². The number of benzene rings is 1. The van der Waals surface area contributed by atoms with Gasteiger partial charge >= 0.3 is 5.97 Å². The molecule has 19 heavy (non-hydrogen) atoms. The Morgan fingerprint density at radius 1 is 1.37 bits per heavy atom. The number of aromatic carboxylic acids is 1. The Bertz CT molecular complexity index is 697. The number of halogens is 1. The number of aromatic nitrogens is 1. The summed E-state index contributed by atoms with van der Waals surface area (Å²) in [4.78, 5) is 13.6. The topological polar surface area (TPSA) is 62.3 Å². The smallest absolute Gasteiger partial charge is 0.338 e. The van der Waals surface area contributed by atoms with Crippen molar-refractivity contribution in [3.05, 3.63) is 46.4 Å². The van der Waals surface area contributed by atoms with Gasteiger partial charge in [0, 0.05) is 11.3 Å². The van der Waals surface area contributed by atoms with Crippen molar-refractivity contribution in [2.75, 3.05) is 7.11 Å². The van der Waals surface area contributed by atoms with Gasteiger partial charge in [0.2, 0.25) is 0 Å². The van der Waals surface area contributed by atoms with E-state index in [0.717, 1.165) is 0 Å². The quantitative estimate of drug-likeness (QED) is 0.847. The molecule has 0 amide bonds. The summed E-state index contributed by atoms with van der Waals surface area (Å²) in [6, 6.07) is 7.37. The zero-order valence-electron chi connectivity index (χ0n) is 9.94. The van der Waals surface area contributed by atoms with E-state index in [0.29, 0.717) is 11.3 Å². The molecule has 2 N–H and O–H groups in total. The fourth-order valence-corrected chi connectivity index (χ4v) is 1.91. The number of pyridine rings is 1. The third-order valence-electron chi connectivity index (χ3n) is 2.60. The third-order valence-corrected chi connectivity index (χ3v) is 2.92. The zero-order valence-corrected chi connectivity index (χ0v) is 10.8. The second-order valence-corrected chi connectivity index (χ2v) is 4.18. The van der Waals surface area contributed by atoms with E-state index in [1.165, 1.54) is 25.3 Å². The lowest BCUT2D eigenvalue weighted by Gasteiger charge is -2.06. The summed E-state index contributed by atoms with van der Waals surface area (Å²) in [5.41, 5.74) is 1.10. The van der Waals surface area contributed by atoms with Crippen molar-refractivity contribution in [2.24, 2.45) is 0 Å². The second-order valence-electron chi connectivity index (χ2n) is 3.77. The van der Waals surface area contributed by atoms with Crippen molar-refractivity contribution in [3.8, 4) is 17.0 Å². The van der Waals surface area contributed by atoms with E-state index in [1.54, 1.807) is 12.1 Å². The van der Waals surface area contributed by atoms with Crippen LogP contribution < -0.4 is 4.74 Å². The Morgan fingerprint density at radius 3 is 2.63 bits per heavy atom. The number of carbonyl (C=O) groups is 1. The number of rotatable bonds is 3. The highest BCUT2D eigenvalue weighted by Gasteiger charge is 2.09. The molecule has 0 saturated heterocycles. The van der Waals surface area contributed by atoms with Gasteiger partial charge in [-0.25, -0.2) is 9.18 Å². The molecule has 0 aliphatic carbocycles. The summed E-state index contributed by atoms with van der Waals surface area (Å²) in [7, 11) is 1.38. The van der Waals surface area contributed by atoms with Crippen LogP contribution in [-0.4, -0.2) is 23.2 Å². The molecular formula is C13H10FNO3S. The van der Waals surface area contributed by atoms with Crippen LogP contribution in [0.3, 0.4) is 0 Å². The number of hydrogen-bond acceptors (Lipinski definition) is 3. The van der Waals surface area contributed by atoms with Crippen molar-refractivity contribution in [3.63, 3.8) is 0 Å². The molecule has 0 aliphatic heterocycles. The Hall–Kier alpha value is -2.21. The van der Waals surface area contributed by atoms with Crippen LogP contribution in [-0.2, 0) is 0 Å². The van der Waals surface area contributed by atoms with Gasteiger partial charge in [-0.05, 0) is 30.3 Å². The van der Waals surface area contributed by atoms with Crippen molar-refractivity contribution < 1.29 is 19.0 Å². The minimum Gasteiger partial charge on any atom is -0.494 e. The van der Waals surface area contributed by atoms with Crippen LogP contribution in [0.4, 0.5) is 4.39 Å². The maximum Gasteiger partial charge on any atom is 0.338 e. The SMILES string of the molecule is COc1ccc(-c2ccc(C(=O)O)c(=S)[nH]2)cc1F. The normalized spacial score (nSPS) is 10.2. The van der Waals surface area contributed by atoms with Crippen molar-refractivity contribution in [2.45, 2.75) is 0 Å². The summed E-state index contributed by atoms with van der Waals surface area (Å²) in [5, 5.41) is 8.88. The number of methoxy groups -OCH3 is 1. The third kappa shape index (κ3) is 2.63. The average Bonchev–Trinajstić information content (AvgIpc) is 2.38. The summed E-state index contributed by atoms with van der Waals surface area (Å²) in [6.07, 6.45) is 0. The molecule has 1 aromatic heterocycles. The van der Waals surface area contributed by atoms with Crippen molar-refractivity contribution >= 4 is 18.2 Å². The molecule has 6 heteroatoms. The fraction of sp³-hybridized carbons (Fsp3) is 0.0769. The first kappa shape index (κ1) is 13.2. The van der Waals surface area contributed by atoms with Crippen molar-refractivity contribution in [1.29, 1.82) is 0 Å². The first-order valence-corrected chi connectivity index (χ1v) is 5.74. The van der Waals surface area contributed by atoms with Crippen LogP contribution in [0.15, 0.2) is 30.3 Å². The van der Waals surface area contributed by atoms with Gasteiger partial charge in [0.15, 0.2) is 11.6 Å². The van der Waals surface area contributed by atoms with E-state index in [2.05, 4.69) is 4.98 Å². The molecule has 0 aliphatic rings. The monoisotopic (exact) mass is 279 g/mol. The summed E-state index contributed by atoms with van der Waals surface area (Å²) < 4.78 is 18.5. The molecule has 0 atom stereocenters. The van der Waals surface area contributed by atoms with Crippen LogP contribution in [0, 0.1) is 10.5 Å². The second kappa shape index (κ2) is 5.19. The number of hydrogen-bond donors (Lipinski definition) is 2. The van der Waals surface area contributed by atoms with Gasteiger partial charge in [-0.1, -0.05) is 12.2 Å². The molecule has 4 nitrogen and oxygen atoms in total. The van der Waals surface area contributed by atoms with E-state index in [1.807, 2.05) is 0 Å². The van der Waals surface area contributed by atoms with Gasteiger partial charge in [-0.3, -0.25) is 0 Å². The van der Waals surface area contributed by atoms with E-state index in [-0.39, 0.29) is 16.0 Å². The Morgan fingerprint density at radius 2 is 2.11 bits per heavy atom. The van der Waals surface area contributed by atoms with Crippen LogP contribution in [0.2, 0.25) is 0 Å². The highest BCUT2D eigenvalue weighted by molar-refractivity contribution is 7.71. The number of H-pyrrole nitrogens is 1. The van der Waals surface area contributed by atoms with Crippen LogP contribution in [0.1, 0.15) is 10.4 Å². The minimum atomic E-state index is -1.10. The average molecular weight is 279 g/mol. The highest BCUT2D eigenvalue weighted by Crippen LogP contribution is 2.24. The lowest BCUT2D eigenvalue weighted by atomic mass is 10.1. The van der Waals surface area contributed by atoms with Gasteiger partial charge in [-0.2, -0.15) is 0 Å². The molecule has 0 spiro atoms. The molecule has 0 bridgehead atoms. The van der Waals surface area contributed by atoms with Gasteiger partial charge in [0.1, 0.15) is 4.64 Å². The van der Waals surface area contributed by atoms with E-state index < -0.39 is 11.8 Å². The number of ether oxygens (including phenoxy) is 1. The van der Waals surface area contributed by atoms with E-state index >= 15 is 0 Å². The van der Waals surface area contributed by atoms with Crippen LogP contribution >= 0.6 is 12.2 Å². The molecule has 98 valence electrons. The summed E-state index contributed by atoms with van der Waals surface area (Å²) in [5.74, 6) is -1.46. The fourth-order valence-electron chi connectivity index (χ4n) is 1.64. The minimum absolute atomic E-state index is 0.00716. The number of aromatic amines is 1. The molecule has 2 rings (SSSR count). The number of carboxylic acid groups (broad SMARTS) is 1. The molecule has 2 aromatic rings. The summed E-state index contributed by atoms with van der Waals surface area (Å²) in [6.45, 7) is 0. The molecule has 0 radical (unpaired) electrons. The van der Waals surface area contributed by atoms with Gasteiger partial charge in [0.05, 0.1) is 12.7 Å².